The van der Waals surface area contributed by atoms with Crippen LogP contribution in [0.1, 0.15) is 102 Å². The van der Waals surface area contributed by atoms with Crippen molar-refractivity contribution >= 4 is 16.9 Å². The van der Waals surface area contributed by atoms with E-state index in [9.17, 15) is 9.00 Å². The summed E-state index contributed by atoms with van der Waals surface area (Å²) in [6, 6.07) is 4.37. The number of benzene rings is 1. The lowest BCUT2D eigenvalue weighted by Gasteiger charge is -2.22. The van der Waals surface area contributed by atoms with Crippen LogP contribution in [0.5, 0.6) is 0 Å². The van der Waals surface area contributed by atoms with E-state index in [-0.39, 0.29) is 24.3 Å². The van der Waals surface area contributed by atoms with E-state index in [2.05, 4.69) is 81.9 Å². The maximum atomic E-state index is 13.2. The highest BCUT2D eigenvalue weighted by Crippen LogP contribution is 2.33. The molecule has 0 heterocycles. The van der Waals surface area contributed by atoms with Crippen LogP contribution in [0.25, 0.3) is 0 Å². The molecule has 2 rings (SSSR count). The maximum Gasteiger partial charge on any atom is 0.234 e. The average Bonchev–Trinajstić information content (AvgIpc) is 2.74. The summed E-state index contributed by atoms with van der Waals surface area (Å²) in [5.41, 5.74) is 4.93. The monoisotopic (exact) mass is 444 g/mol. The molecule has 1 unspecified atom stereocenters. The van der Waals surface area contributed by atoms with E-state index in [1.807, 2.05) is 0 Å². The standard InChI is InChI=1S/C26H40N2O2S/c1-18(2)22-15-23(19(3)4)26(24(16-22)20(5)6)31(30)28-17-25(29)27-14-10-13-21-11-8-7-9-12-21/h7-8,12,15-16,18-20,28H,9-11,13-14,17H2,1-6H3,(H,27,29). The molecule has 0 radical (unpaired) electrons. The molecule has 0 bridgehead atoms. The quantitative estimate of drug-likeness (QED) is 0.333. The SMILES string of the molecule is CC(C)c1cc(C(C)C)c(S(=O)NCC(=O)NCCCC2=CCC=CC2)c(C(C)C)c1. The Hall–Kier alpha value is -1.72. The van der Waals surface area contributed by atoms with Crippen molar-refractivity contribution in [2.45, 2.75) is 89.9 Å². The number of hydrogen-bond donors (Lipinski definition) is 2. The van der Waals surface area contributed by atoms with Gasteiger partial charge in [-0.25, -0.2) is 8.93 Å². The molecule has 4 nitrogen and oxygen atoms in total. The third-order valence-electron chi connectivity index (χ3n) is 5.71. The van der Waals surface area contributed by atoms with E-state index in [1.54, 1.807) is 0 Å². The van der Waals surface area contributed by atoms with E-state index < -0.39 is 11.0 Å². The molecular formula is C26H40N2O2S. The van der Waals surface area contributed by atoms with Gasteiger partial charge in [-0.05, 0) is 60.1 Å². The molecule has 0 spiro atoms. The second kappa shape index (κ2) is 12.4. The Morgan fingerprint density at radius 1 is 1.00 bits per heavy atom. The molecule has 1 aliphatic rings. The normalized spacial score (nSPS) is 14.9. The predicted molar refractivity (Wildman–Crippen MR) is 132 cm³/mol. The molecule has 1 atom stereocenters. The zero-order valence-electron chi connectivity index (χ0n) is 20.1. The molecule has 2 N–H and O–H groups in total. The van der Waals surface area contributed by atoms with Crippen molar-refractivity contribution < 1.29 is 9.00 Å². The molecular weight excluding hydrogens is 404 g/mol. The molecule has 0 aliphatic heterocycles. The summed E-state index contributed by atoms with van der Waals surface area (Å²) < 4.78 is 16.2. The molecule has 5 heteroatoms. The largest absolute Gasteiger partial charge is 0.355 e. The lowest BCUT2D eigenvalue weighted by atomic mass is 9.89. The van der Waals surface area contributed by atoms with Gasteiger partial charge in [0.15, 0.2) is 0 Å². The summed E-state index contributed by atoms with van der Waals surface area (Å²) in [5, 5.41) is 2.95. The Morgan fingerprint density at radius 3 is 2.16 bits per heavy atom. The van der Waals surface area contributed by atoms with Gasteiger partial charge >= 0.3 is 0 Å². The van der Waals surface area contributed by atoms with E-state index in [0.29, 0.717) is 12.5 Å². The molecule has 1 aromatic carbocycles. The van der Waals surface area contributed by atoms with Crippen molar-refractivity contribution in [3.05, 3.63) is 52.6 Å². The van der Waals surface area contributed by atoms with Crippen LogP contribution in [0.2, 0.25) is 0 Å². The fourth-order valence-electron chi connectivity index (χ4n) is 3.77. The van der Waals surface area contributed by atoms with Crippen LogP contribution in [0.4, 0.5) is 0 Å². The topological polar surface area (TPSA) is 58.2 Å². The second-order valence-corrected chi connectivity index (χ2v) is 10.5. The summed E-state index contributed by atoms with van der Waals surface area (Å²) in [4.78, 5) is 13.1. The summed E-state index contributed by atoms with van der Waals surface area (Å²) in [7, 11) is -1.43. The van der Waals surface area contributed by atoms with Crippen LogP contribution in [0, 0.1) is 0 Å². The molecule has 172 valence electrons. The van der Waals surface area contributed by atoms with Crippen LogP contribution in [-0.4, -0.2) is 23.2 Å². The van der Waals surface area contributed by atoms with Crippen LogP contribution >= 0.6 is 0 Å². The molecule has 0 saturated carbocycles. The number of carbonyl (C=O) groups is 1. The Morgan fingerprint density at radius 2 is 1.65 bits per heavy atom. The summed E-state index contributed by atoms with van der Waals surface area (Å²) >= 11 is 0. The fourth-order valence-corrected chi connectivity index (χ4v) is 5.19. The first-order chi connectivity index (χ1) is 14.7. The van der Waals surface area contributed by atoms with Crippen molar-refractivity contribution in [2.24, 2.45) is 0 Å². The third-order valence-corrected chi connectivity index (χ3v) is 6.96. The third kappa shape index (κ3) is 7.73. The Bertz CT molecular complexity index is 809. The van der Waals surface area contributed by atoms with Crippen molar-refractivity contribution in [1.29, 1.82) is 0 Å². The second-order valence-electron chi connectivity index (χ2n) is 9.31. The predicted octanol–water partition coefficient (Wildman–Crippen LogP) is 5.84. The van der Waals surface area contributed by atoms with Gasteiger partial charge < -0.3 is 5.32 Å². The van der Waals surface area contributed by atoms with Gasteiger partial charge in [-0.1, -0.05) is 77.5 Å². The van der Waals surface area contributed by atoms with E-state index in [4.69, 9.17) is 0 Å². The highest BCUT2D eigenvalue weighted by Gasteiger charge is 2.21. The van der Waals surface area contributed by atoms with Crippen molar-refractivity contribution in [1.82, 2.24) is 10.0 Å². The molecule has 0 aromatic heterocycles. The molecule has 1 amide bonds. The van der Waals surface area contributed by atoms with E-state index in [1.165, 1.54) is 11.1 Å². The maximum absolute atomic E-state index is 13.2. The van der Waals surface area contributed by atoms with Crippen molar-refractivity contribution in [3.63, 3.8) is 0 Å². The number of rotatable bonds is 11. The summed E-state index contributed by atoms with van der Waals surface area (Å²) in [6.07, 6.45) is 10.7. The van der Waals surface area contributed by atoms with Gasteiger partial charge in [0, 0.05) is 6.54 Å². The molecule has 0 fully saturated rings. The average molecular weight is 445 g/mol. The highest BCUT2D eigenvalue weighted by molar-refractivity contribution is 7.83. The highest BCUT2D eigenvalue weighted by atomic mass is 32.2. The molecule has 1 aromatic rings. The fraction of sp³-hybridized carbons (Fsp3) is 0.577. The van der Waals surface area contributed by atoms with E-state index >= 15 is 0 Å². The Kier molecular flexibility index (Phi) is 10.2. The minimum atomic E-state index is -1.43. The lowest BCUT2D eigenvalue weighted by molar-refractivity contribution is -0.119. The van der Waals surface area contributed by atoms with Gasteiger partial charge in [0.1, 0.15) is 11.0 Å². The first-order valence-corrected chi connectivity index (χ1v) is 12.8. The van der Waals surface area contributed by atoms with Crippen LogP contribution < -0.4 is 10.0 Å². The summed E-state index contributed by atoms with van der Waals surface area (Å²) in [6.45, 7) is 13.6. The van der Waals surface area contributed by atoms with Gasteiger partial charge in [-0.3, -0.25) is 4.79 Å². The van der Waals surface area contributed by atoms with Crippen molar-refractivity contribution in [3.8, 4) is 0 Å². The zero-order chi connectivity index (χ0) is 23.0. The number of nitrogens with one attached hydrogen (secondary N) is 2. The Balaban J connectivity index is 1.97. The van der Waals surface area contributed by atoms with Crippen LogP contribution in [0.15, 0.2) is 40.8 Å². The number of allylic oxidation sites excluding steroid dienone is 4. The minimum absolute atomic E-state index is 0.0546. The van der Waals surface area contributed by atoms with Gasteiger partial charge in [-0.15, -0.1) is 0 Å². The smallest absolute Gasteiger partial charge is 0.234 e. The van der Waals surface area contributed by atoms with Gasteiger partial charge in [0.25, 0.3) is 0 Å². The van der Waals surface area contributed by atoms with Crippen LogP contribution in [0.3, 0.4) is 0 Å². The molecule has 1 aliphatic carbocycles. The van der Waals surface area contributed by atoms with Crippen LogP contribution in [-0.2, 0) is 15.8 Å². The lowest BCUT2D eigenvalue weighted by Crippen LogP contribution is -2.35. The minimum Gasteiger partial charge on any atom is -0.355 e. The van der Waals surface area contributed by atoms with Gasteiger partial charge in [0.2, 0.25) is 5.91 Å². The number of hydrogen-bond acceptors (Lipinski definition) is 2. The summed E-state index contributed by atoms with van der Waals surface area (Å²) in [5.74, 6) is 0.822. The number of amides is 1. The molecule has 31 heavy (non-hydrogen) atoms. The first kappa shape index (κ1) is 25.5. The van der Waals surface area contributed by atoms with Gasteiger partial charge in [0.05, 0.1) is 11.4 Å². The first-order valence-electron chi connectivity index (χ1n) is 11.6. The zero-order valence-corrected chi connectivity index (χ0v) is 20.9. The number of carbonyl (C=O) groups excluding carboxylic acids is 1. The Labute approximate surface area is 191 Å². The van der Waals surface area contributed by atoms with E-state index in [0.717, 1.165) is 41.7 Å². The molecule has 0 saturated heterocycles. The van der Waals surface area contributed by atoms with Crippen molar-refractivity contribution in [2.75, 3.05) is 13.1 Å². The van der Waals surface area contributed by atoms with Gasteiger partial charge in [-0.2, -0.15) is 0 Å².